The molecular formula is C19H22N4OS. The first-order valence-corrected chi connectivity index (χ1v) is 9.51. The molecule has 0 bridgehead atoms. The molecule has 3 aromatic rings. The number of hydrogen-bond acceptors (Lipinski definition) is 5. The molecule has 0 aliphatic carbocycles. The number of unbranched alkanes of at least 4 members (excludes halogenated alkanes) is 1. The van der Waals surface area contributed by atoms with Gasteiger partial charge in [-0.05, 0) is 32.3 Å². The second-order valence-electron chi connectivity index (χ2n) is 6.13. The maximum absolute atomic E-state index is 12.4. The fraction of sp³-hybridized carbons (Fsp3) is 0.368. The van der Waals surface area contributed by atoms with Crippen molar-refractivity contribution in [3.05, 3.63) is 53.0 Å². The summed E-state index contributed by atoms with van der Waals surface area (Å²) >= 11 is 1.40. The summed E-state index contributed by atoms with van der Waals surface area (Å²) in [5.41, 5.74) is 3.70. The lowest BCUT2D eigenvalue weighted by Crippen LogP contribution is -2.04. The van der Waals surface area contributed by atoms with Gasteiger partial charge in [0.1, 0.15) is 5.82 Å². The van der Waals surface area contributed by atoms with E-state index < -0.39 is 0 Å². The van der Waals surface area contributed by atoms with Crippen molar-refractivity contribution in [3.63, 3.8) is 0 Å². The van der Waals surface area contributed by atoms with Gasteiger partial charge >= 0.3 is 0 Å². The molecule has 25 heavy (non-hydrogen) atoms. The Labute approximate surface area is 151 Å². The Hall–Kier alpha value is -2.21. The summed E-state index contributed by atoms with van der Waals surface area (Å²) in [6.07, 6.45) is 3.42. The molecule has 0 saturated heterocycles. The summed E-state index contributed by atoms with van der Waals surface area (Å²) in [4.78, 5) is 16.9. The van der Waals surface area contributed by atoms with Gasteiger partial charge in [0.2, 0.25) is 0 Å². The number of hydrogen-bond donors (Lipinski definition) is 0. The van der Waals surface area contributed by atoms with E-state index in [0.717, 1.165) is 29.1 Å². The summed E-state index contributed by atoms with van der Waals surface area (Å²) in [5.74, 6) is 1.26. The van der Waals surface area contributed by atoms with Crippen LogP contribution in [0.3, 0.4) is 0 Å². The van der Waals surface area contributed by atoms with Crippen LogP contribution in [0.25, 0.3) is 5.65 Å². The van der Waals surface area contributed by atoms with E-state index in [-0.39, 0.29) is 5.78 Å². The Balaban J connectivity index is 1.68. The van der Waals surface area contributed by atoms with Crippen LogP contribution in [0.4, 0.5) is 0 Å². The number of nitrogens with zero attached hydrogens (tertiary/aromatic N) is 4. The maximum atomic E-state index is 12.4. The highest BCUT2D eigenvalue weighted by atomic mass is 32.2. The van der Waals surface area contributed by atoms with Crippen LogP contribution in [0, 0.1) is 13.8 Å². The van der Waals surface area contributed by atoms with Gasteiger partial charge in [-0.15, -0.1) is 10.2 Å². The average Bonchev–Trinajstić information content (AvgIpc) is 3.01. The van der Waals surface area contributed by atoms with Crippen LogP contribution >= 0.6 is 11.8 Å². The van der Waals surface area contributed by atoms with Crippen LogP contribution in [0.5, 0.6) is 0 Å². The molecule has 130 valence electrons. The van der Waals surface area contributed by atoms with Crippen LogP contribution in [0.15, 0.2) is 35.5 Å². The Morgan fingerprint density at radius 1 is 1.16 bits per heavy atom. The first kappa shape index (κ1) is 17.6. The Morgan fingerprint density at radius 2 is 1.92 bits per heavy atom. The number of carbonyl (C=O) groups is 1. The number of fused-ring (bicyclic) bond motifs is 1. The lowest BCUT2D eigenvalue weighted by Gasteiger charge is -2.05. The summed E-state index contributed by atoms with van der Waals surface area (Å²) in [7, 11) is 0. The zero-order valence-electron chi connectivity index (χ0n) is 14.8. The molecule has 0 aliphatic rings. The summed E-state index contributed by atoms with van der Waals surface area (Å²) < 4.78 is 1.89. The van der Waals surface area contributed by atoms with E-state index in [0.29, 0.717) is 10.9 Å². The van der Waals surface area contributed by atoms with Crippen LogP contribution in [0.1, 0.15) is 47.2 Å². The molecule has 0 fully saturated rings. The lowest BCUT2D eigenvalue weighted by atomic mass is 10.1. The number of thioether (sulfide) groups is 1. The van der Waals surface area contributed by atoms with Crippen molar-refractivity contribution in [2.75, 3.05) is 5.75 Å². The SMILES string of the molecule is CCCCc1ccc(C(=O)CSc2nnc3cc(C)nc(C)n23)cc1. The van der Waals surface area contributed by atoms with E-state index in [1.807, 2.05) is 36.4 Å². The largest absolute Gasteiger partial charge is 0.293 e. The van der Waals surface area contributed by atoms with Crippen LogP contribution in [-0.4, -0.2) is 31.1 Å². The van der Waals surface area contributed by atoms with Crippen LogP contribution in [-0.2, 0) is 6.42 Å². The van der Waals surface area contributed by atoms with Gasteiger partial charge < -0.3 is 0 Å². The molecule has 0 unspecified atom stereocenters. The van der Waals surface area contributed by atoms with E-state index in [1.165, 1.54) is 30.2 Å². The molecule has 2 heterocycles. The number of ketones is 1. The minimum absolute atomic E-state index is 0.0986. The van der Waals surface area contributed by atoms with Gasteiger partial charge in [0.15, 0.2) is 16.6 Å². The molecule has 6 heteroatoms. The zero-order valence-corrected chi connectivity index (χ0v) is 15.6. The first-order valence-electron chi connectivity index (χ1n) is 8.53. The molecule has 2 aromatic heterocycles. The van der Waals surface area contributed by atoms with Crippen molar-refractivity contribution in [3.8, 4) is 0 Å². The summed E-state index contributed by atoms with van der Waals surface area (Å²) in [6, 6.07) is 9.84. The zero-order chi connectivity index (χ0) is 17.8. The minimum Gasteiger partial charge on any atom is -0.293 e. The Bertz CT molecular complexity index is 886. The van der Waals surface area contributed by atoms with Crippen molar-refractivity contribution in [2.45, 2.75) is 45.2 Å². The van der Waals surface area contributed by atoms with Gasteiger partial charge in [-0.2, -0.15) is 0 Å². The quantitative estimate of drug-likeness (QED) is 0.473. The minimum atomic E-state index is 0.0986. The summed E-state index contributed by atoms with van der Waals surface area (Å²) in [5, 5.41) is 9.07. The molecule has 1 aromatic carbocycles. The van der Waals surface area contributed by atoms with Gasteiger partial charge in [0.05, 0.1) is 5.75 Å². The van der Waals surface area contributed by atoms with Crippen molar-refractivity contribution in [1.29, 1.82) is 0 Å². The molecule has 0 spiro atoms. The number of aromatic nitrogens is 4. The predicted octanol–water partition coefficient (Wildman–Crippen LogP) is 4.06. The van der Waals surface area contributed by atoms with Gasteiger partial charge in [-0.25, -0.2) is 4.98 Å². The molecule has 0 saturated carbocycles. The van der Waals surface area contributed by atoms with E-state index in [4.69, 9.17) is 0 Å². The standard InChI is InChI=1S/C19H22N4OS/c1-4-5-6-15-7-9-16(10-8-15)17(24)12-25-19-22-21-18-11-13(2)20-14(3)23(18)19/h7-11H,4-6,12H2,1-3H3. The molecule has 0 radical (unpaired) electrons. The highest BCUT2D eigenvalue weighted by Crippen LogP contribution is 2.20. The van der Waals surface area contributed by atoms with E-state index in [1.54, 1.807) is 0 Å². The normalized spacial score (nSPS) is 11.2. The highest BCUT2D eigenvalue weighted by molar-refractivity contribution is 7.99. The fourth-order valence-electron chi connectivity index (χ4n) is 2.75. The summed E-state index contributed by atoms with van der Waals surface area (Å²) in [6.45, 7) is 6.04. The molecule has 3 rings (SSSR count). The third-order valence-electron chi connectivity index (χ3n) is 4.09. The number of rotatable bonds is 7. The highest BCUT2D eigenvalue weighted by Gasteiger charge is 2.13. The van der Waals surface area contributed by atoms with E-state index >= 15 is 0 Å². The molecule has 0 amide bonds. The van der Waals surface area contributed by atoms with Gasteiger partial charge in [-0.3, -0.25) is 9.20 Å². The van der Waals surface area contributed by atoms with Gasteiger partial charge in [-0.1, -0.05) is 49.4 Å². The Kier molecular flexibility index (Phi) is 5.48. The monoisotopic (exact) mass is 354 g/mol. The third kappa shape index (κ3) is 4.07. The van der Waals surface area contributed by atoms with Crippen LogP contribution in [0.2, 0.25) is 0 Å². The molecule has 0 N–H and O–H groups in total. The molecule has 0 aliphatic heterocycles. The number of Topliss-reactive ketones (excluding diaryl/α,β-unsaturated/α-hetero) is 1. The molecular weight excluding hydrogens is 332 g/mol. The van der Waals surface area contributed by atoms with Crippen molar-refractivity contribution < 1.29 is 4.79 Å². The topological polar surface area (TPSA) is 60.2 Å². The number of aryl methyl sites for hydroxylation is 3. The third-order valence-corrected chi connectivity index (χ3v) is 5.01. The van der Waals surface area contributed by atoms with Gasteiger partial charge in [0.25, 0.3) is 0 Å². The molecule has 0 atom stereocenters. The average molecular weight is 354 g/mol. The smallest absolute Gasteiger partial charge is 0.197 e. The predicted molar refractivity (Wildman–Crippen MR) is 100 cm³/mol. The number of benzene rings is 1. The van der Waals surface area contributed by atoms with E-state index in [2.05, 4.69) is 34.2 Å². The number of carbonyl (C=O) groups excluding carboxylic acids is 1. The van der Waals surface area contributed by atoms with Crippen LogP contribution < -0.4 is 0 Å². The first-order chi connectivity index (χ1) is 12.1. The maximum Gasteiger partial charge on any atom is 0.197 e. The van der Waals surface area contributed by atoms with E-state index in [9.17, 15) is 4.79 Å². The second kappa shape index (κ2) is 7.78. The van der Waals surface area contributed by atoms with Gasteiger partial charge in [0, 0.05) is 17.3 Å². The van der Waals surface area contributed by atoms with Crippen molar-refractivity contribution >= 4 is 23.2 Å². The lowest BCUT2D eigenvalue weighted by molar-refractivity contribution is 0.102. The second-order valence-corrected chi connectivity index (χ2v) is 7.08. The molecule has 5 nitrogen and oxygen atoms in total. The fourth-order valence-corrected chi connectivity index (χ4v) is 3.63. The Morgan fingerprint density at radius 3 is 2.64 bits per heavy atom. The van der Waals surface area contributed by atoms with Crippen molar-refractivity contribution in [2.24, 2.45) is 0 Å². The van der Waals surface area contributed by atoms with Crippen molar-refractivity contribution in [1.82, 2.24) is 19.6 Å².